The van der Waals surface area contributed by atoms with Gasteiger partial charge in [0.05, 0.1) is 47.6 Å². The molecule has 1 fully saturated rings. The van der Waals surface area contributed by atoms with E-state index in [2.05, 4.69) is 25.1 Å². The van der Waals surface area contributed by atoms with Crippen LogP contribution in [0.4, 0.5) is 29.2 Å². The van der Waals surface area contributed by atoms with Crippen LogP contribution in [0.15, 0.2) is 54.7 Å². The van der Waals surface area contributed by atoms with E-state index in [-0.39, 0.29) is 30.4 Å². The molecule has 1 saturated heterocycles. The number of piperazine rings is 1. The number of alkyl halides is 3. The van der Waals surface area contributed by atoms with Gasteiger partial charge in [0, 0.05) is 58.1 Å². The number of carbonyl (C=O) groups excluding carboxylic acids is 1. The molecule has 42 heavy (non-hydrogen) atoms. The van der Waals surface area contributed by atoms with Gasteiger partial charge in [-0.3, -0.25) is 19.6 Å². The molecule has 2 aromatic heterocycles. The fourth-order valence-corrected chi connectivity index (χ4v) is 4.84. The summed E-state index contributed by atoms with van der Waals surface area (Å²) in [5.41, 5.74) is 0.382. The van der Waals surface area contributed by atoms with Crippen molar-refractivity contribution in [3.8, 4) is 11.5 Å². The summed E-state index contributed by atoms with van der Waals surface area (Å²) in [7, 11) is 1.66. The zero-order valence-corrected chi connectivity index (χ0v) is 22.9. The number of aryl methyl sites for hydroxylation is 1. The lowest BCUT2D eigenvalue weighted by Crippen LogP contribution is -2.48. The Morgan fingerprint density at radius 2 is 1.76 bits per heavy atom. The van der Waals surface area contributed by atoms with E-state index in [4.69, 9.17) is 9.84 Å². The van der Waals surface area contributed by atoms with Crippen LogP contribution in [-0.4, -0.2) is 81.1 Å². The Kier molecular flexibility index (Phi) is 8.71. The first-order valence-corrected chi connectivity index (χ1v) is 13.4. The molecule has 2 aromatic carbocycles. The van der Waals surface area contributed by atoms with Crippen molar-refractivity contribution < 1.29 is 32.2 Å². The molecule has 0 bridgehead atoms. The molecule has 222 valence electrons. The van der Waals surface area contributed by atoms with Crippen LogP contribution in [0.2, 0.25) is 0 Å². The highest BCUT2D eigenvalue weighted by molar-refractivity contribution is 5.83. The van der Waals surface area contributed by atoms with E-state index in [0.717, 1.165) is 32.2 Å². The molecule has 0 amide bonds. The van der Waals surface area contributed by atoms with Gasteiger partial charge < -0.3 is 19.7 Å². The molecule has 0 atom stereocenters. The third kappa shape index (κ3) is 7.04. The number of nitrogens with one attached hydrogen (secondary N) is 1. The van der Waals surface area contributed by atoms with Gasteiger partial charge in [-0.1, -0.05) is 0 Å². The molecule has 9 nitrogen and oxygen atoms in total. The lowest BCUT2D eigenvalue weighted by Gasteiger charge is -2.33. The summed E-state index contributed by atoms with van der Waals surface area (Å²) in [4.78, 5) is 25.7. The van der Waals surface area contributed by atoms with Crippen molar-refractivity contribution in [1.82, 2.24) is 24.3 Å². The normalized spacial score (nSPS) is 14.8. The Hall–Kier alpha value is -4.07. The summed E-state index contributed by atoms with van der Waals surface area (Å²) in [6, 6.07) is 10.6. The molecule has 4 aromatic rings. The Morgan fingerprint density at radius 3 is 2.50 bits per heavy atom. The lowest BCUT2D eigenvalue weighted by atomic mass is 10.1. The van der Waals surface area contributed by atoms with Crippen LogP contribution in [0.5, 0.6) is 11.5 Å². The number of aromatic nitrogens is 3. The van der Waals surface area contributed by atoms with Gasteiger partial charge in [-0.25, -0.2) is 9.37 Å². The second kappa shape index (κ2) is 12.4. The van der Waals surface area contributed by atoms with E-state index in [1.165, 1.54) is 0 Å². The number of hydrogen-bond acceptors (Lipinski definition) is 8. The average molecular weight is 587 g/mol. The van der Waals surface area contributed by atoms with Crippen molar-refractivity contribution in [3.05, 3.63) is 71.8 Å². The molecule has 0 spiro atoms. The topological polar surface area (TPSA) is 95.7 Å². The van der Waals surface area contributed by atoms with E-state index in [1.807, 2.05) is 0 Å². The van der Waals surface area contributed by atoms with E-state index in [1.54, 1.807) is 48.1 Å². The van der Waals surface area contributed by atoms with Crippen LogP contribution in [0, 0.1) is 5.82 Å². The number of halogens is 4. The fraction of sp³-hybridized carbons (Fsp3) is 0.345. The van der Waals surface area contributed by atoms with Gasteiger partial charge in [-0.2, -0.15) is 13.2 Å². The maximum absolute atomic E-state index is 14.3. The Morgan fingerprint density at radius 1 is 1.02 bits per heavy atom. The zero-order chi connectivity index (χ0) is 29.9. The molecule has 13 heteroatoms. The highest BCUT2D eigenvalue weighted by Crippen LogP contribution is 2.33. The van der Waals surface area contributed by atoms with Crippen LogP contribution in [0.3, 0.4) is 0 Å². The third-order valence-electron chi connectivity index (χ3n) is 7.08. The van der Waals surface area contributed by atoms with Crippen molar-refractivity contribution in [1.29, 1.82) is 0 Å². The number of benzene rings is 2. The van der Waals surface area contributed by atoms with Crippen molar-refractivity contribution in [2.24, 2.45) is 7.05 Å². The lowest BCUT2D eigenvalue weighted by molar-refractivity contribution is -0.137. The number of anilines is 2. The van der Waals surface area contributed by atoms with Gasteiger partial charge in [0.1, 0.15) is 17.3 Å². The minimum Gasteiger partial charge on any atom is -0.457 e. The Labute approximate surface area is 239 Å². The van der Waals surface area contributed by atoms with Crippen LogP contribution in [-0.2, 0) is 24.4 Å². The van der Waals surface area contributed by atoms with Gasteiger partial charge in [0.25, 0.3) is 0 Å². The van der Waals surface area contributed by atoms with Crippen LogP contribution in [0.1, 0.15) is 11.3 Å². The molecule has 0 radical (unpaired) electrons. The maximum Gasteiger partial charge on any atom is 0.416 e. The molecule has 3 heterocycles. The zero-order valence-electron chi connectivity index (χ0n) is 22.9. The summed E-state index contributed by atoms with van der Waals surface area (Å²) >= 11 is 0. The summed E-state index contributed by atoms with van der Waals surface area (Å²) in [5, 5.41) is 11.7. The molecule has 0 aliphatic carbocycles. The Bertz CT molecular complexity index is 1570. The van der Waals surface area contributed by atoms with Crippen LogP contribution >= 0.6 is 0 Å². The second-order valence-corrected chi connectivity index (χ2v) is 10.1. The number of imidazole rings is 1. The van der Waals surface area contributed by atoms with Crippen molar-refractivity contribution in [2.45, 2.75) is 12.6 Å². The Balaban J connectivity index is 1.24. The van der Waals surface area contributed by atoms with Crippen LogP contribution in [0.25, 0.3) is 11.0 Å². The van der Waals surface area contributed by atoms with Crippen molar-refractivity contribution in [2.75, 3.05) is 51.2 Å². The number of nitrogens with zero attached hydrogens (tertiary/aromatic N) is 5. The van der Waals surface area contributed by atoms with Gasteiger partial charge in [0.2, 0.25) is 5.95 Å². The number of aliphatic hydroxyl groups excluding tert-OH is 1. The van der Waals surface area contributed by atoms with E-state index in [9.17, 15) is 22.4 Å². The summed E-state index contributed by atoms with van der Waals surface area (Å²) in [6.07, 6.45) is -2.88. The minimum absolute atomic E-state index is 0.0439. The molecular weight excluding hydrogens is 556 g/mol. The number of ketones is 1. The molecular formula is C29H30F4N6O3. The number of aliphatic hydroxyl groups is 1. The number of pyridine rings is 1. The van der Waals surface area contributed by atoms with E-state index in [0.29, 0.717) is 53.4 Å². The van der Waals surface area contributed by atoms with Gasteiger partial charge in [-0.15, -0.1) is 0 Å². The first-order chi connectivity index (χ1) is 20.1. The largest absolute Gasteiger partial charge is 0.457 e. The minimum atomic E-state index is -4.61. The van der Waals surface area contributed by atoms with Crippen molar-refractivity contribution in [3.63, 3.8) is 0 Å². The summed E-state index contributed by atoms with van der Waals surface area (Å²) < 4.78 is 61.2. The molecule has 1 aliphatic heterocycles. The molecule has 1 aliphatic rings. The van der Waals surface area contributed by atoms with E-state index < -0.39 is 17.6 Å². The quantitative estimate of drug-likeness (QED) is 0.265. The monoisotopic (exact) mass is 586 g/mol. The number of fused-ring (bicyclic) bond motifs is 1. The van der Waals surface area contributed by atoms with Crippen LogP contribution < -0.4 is 10.1 Å². The molecule has 0 unspecified atom stereocenters. The SMILES string of the molecule is Cn1c(Nc2cc(C(F)(F)F)ccc2F)nc2cc(Oc3ccnc(CC(=O)CN4CCN(CCO)CC4)c3)ccc21. The number of Topliss-reactive ketones (excluding diaryl/α,β-unsaturated/α-hetero) is 1. The molecule has 2 N–H and O–H groups in total. The number of β-amino-alcohol motifs (C(OH)–C–C–N with tert-alkyl or cyclic N) is 1. The molecule has 5 rings (SSSR count). The standard InChI is InChI=1S/C29H30F4N6O3/c1-37-27-5-3-22(17-26(27)36-28(37)35-25-14-19(29(31,32)33)2-4-24(25)30)42-23-6-7-34-20(16-23)15-21(41)18-39-10-8-38(9-11-39)12-13-40/h2-7,14,16-17,40H,8-13,15,18H2,1H3,(H,35,36). The average Bonchev–Trinajstić information content (AvgIpc) is 3.24. The number of hydrogen-bond donors (Lipinski definition) is 2. The fourth-order valence-electron chi connectivity index (χ4n) is 4.84. The van der Waals surface area contributed by atoms with Gasteiger partial charge in [0.15, 0.2) is 5.78 Å². The number of carbonyl (C=O) groups is 1. The maximum atomic E-state index is 14.3. The summed E-state index contributed by atoms with van der Waals surface area (Å²) in [5.74, 6) is 0.278. The number of rotatable bonds is 10. The van der Waals surface area contributed by atoms with Gasteiger partial charge >= 0.3 is 6.18 Å². The third-order valence-corrected chi connectivity index (χ3v) is 7.08. The summed E-state index contributed by atoms with van der Waals surface area (Å²) in [6.45, 7) is 4.27. The van der Waals surface area contributed by atoms with Gasteiger partial charge in [-0.05, 0) is 36.4 Å². The highest BCUT2D eigenvalue weighted by atomic mass is 19.4. The first-order valence-electron chi connectivity index (χ1n) is 13.4. The first kappa shape index (κ1) is 29.4. The van der Waals surface area contributed by atoms with E-state index >= 15 is 0 Å². The predicted molar refractivity (Wildman–Crippen MR) is 148 cm³/mol. The smallest absolute Gasteiger partial charge is 0.416 e. The second-order valence-electron chi connectivity index (χ2n) is 10.1. The molecule has 0 saturated carbocycles. The number of ether oxygens (including phenoxy) is 1. The highest BCUT2D eigenvalue weighted by Gasteiger charge is 2.31. The predicted octanol–water partition coefficient (Wildman–Crippen LogP) is 4.38. The van der Waals surface area contributed by atoms with Crippen molar-refractivity contribution >= 4 is 28.5 Å².